The Labute approximate surface area is 122 Å². The van der Waals surface area contributed by atoms with Crippen molar-refractivity contribution in [2.75, 3.05) is 5.75 Å². The monoisotopic (exact) mass is 290 g/mol. The molecule has 0 spiro atoms. The molecule has 2 rings (SSSR count). The van der Waals surface area contributed by atoms with Gasteiger partial charge in [0.1, 0.15) is 11.4 Å². The van der Waals surface area contributed by atoms with Crippen LogP contribution in [0.3, 0.4) is 0 Å². The third-order valence-electron chi connectivity index (χ3n) is 2.88. The second-order valence-corrected chi connectivity index (χ2v) is 5.74. The zero-order valence-electron chi connectivity index (χ0n) is 11.6. The first-order chi connectivity index (χ1) is 9.61. The predicted molar refractivity (Wildman–Crippen MR) is 83.1 cm³/mol. The molecule has 0 aliphatic heterocycles. The summed E-state index contributed by atoms with van der Waals surface area (Å²) in [7, 11) is 0. The van der Waals surface area contributed by atoms with Crippen molar-refractivity contribution in [2.45, 2.75) is 26.0 Å². The van der Waals surface area contributed by atoms with Gasteiger partial charge in [-0.05, 0) is 24.7 Å². The van der Waals surface area contributed by atoms with Gasteiger partial charge in [-0.3, -0.25) is 4.79 Å². The standard InChI is InChI=1S/C15H18N2O2S/c1-3-8-20-9-12-16-14(18)13(15(19)17-12)11-6-4-10(2)5-7-11/h4-7H,3,8-9H2,1-2H3,(H2,16,17,18,19). The van der Waals surface area contributed by atoms with Crippen molar-refractivity contribution in [3.8, 4) is 17.0 Å². The number of H-pyrrole nitrogens is 1. The van der Waals surface area contributed by atoms with Gasteiger partial charge in [0.15, 0.2) is 0 Å². The van der Waals surface area contributed by atoms with Crippen molar-refractivity contribution in [1.82, 2.24) is 9.97 Å². The lowest BCUT2D eigenvalue weighted by molar-refractivity contribution is 0.451. The lowest BCUT2D eigenvalue weighted by Gasteiger charge is -2.06. The number of benzene rings is 1. The average molecular weight is 290 g/mol. The molecule has 0 bridgehead atoms. The van der Waals surface area contributed by atoms with Gasteiger partial charge in [-0.15, -0.1) is 0 Å². The zero-order chi connectivity index (χ0) is 14.5. The van der Waals surface area contributed by atoms with E-state index >= 15 is 0 Å². The molecule has 0 unspecified atom stereocenters. The Morgan fingerprint density at radius 3 is 2.60 bits per heavy atom. The molecule has 20 heavy (non-hydrogen) atoms. The van der Waals surface area contributed by atoms with Gasteiger partial charge in [-0.25, -0.2) is 0 Å². The summed E-state index contributed by atoms with van der Waals surface area (Å²) in [5.41, 5.74) is 1.71. The van der Waals surface area contributed by atoms with Crippen LogP contribution in [0.4, 0.5) is 0 Å². The van der Waals surface area contributed by atoms with Gasteiger partial charge in [-0.2, -0.15) is 16.7 Å². The van der Waals surface area contributed by atoms with Gasteiger partial charge in [0.2, 0.25) is 5.88 Å². The van der Waals surface area contributed by atoms with Crippen LogP contribution in [0, 0.1) is 6.92 Å². The second-order valence-electron chi connectivity index (χ2n) is 4.63. The predicted octanol–water partition coefficient (Wildman–Crippen LogP) is 3.09. The maximum absolute atomic E-state index is 12.1. The number of nitrogens with zero attached hydrogens (tertiary/aromatic N) is 1. The first kappa shape index (κ1) is 14.7. The Bertz CT molecular complexity index is 635. The van der Waals surface area contributed by atoms with E-state index < -0.39 is 0 Å². The molecule has 1 aromatic carbocycles. The number of aromatic hydroxyl groups is 1. The molecule has 0 saturated carbocycles. The molecule has 4 nitrogen and oxygen atoms in total. The third kappa shape index (κ3) is 3.42. The number of aromatic nitrogens is 2. The molecule has 1 aromatic heterocycles. The lowest BCUT2D eigenvalue weighted by atomic mass is 10.1. The molecule has 2 aromatic rings. The SMILES string of the molecule is CCCSCc1nc(O)c(-c2ccc(C)cc2)c(=O)[nH]1. The van der Waals surface area contributed by atoms with Crippen LogP contribution in [-0.4, -0.2) is 20.8 Å². The van der Waals surface area contributed by atoms with Crippen LogP contribution in [0.1, 0.15) is 24.7 Å². The van der Waals surface area contributed by atoms with Crippen molar-refractivity contribution >= 4 is 11.8 Å². The molecule has 0 aliphatic carbocycles. The minimum Gasteiger partial charge on any atom is -0.493 e. The van der Waals surface area contributed by atoms with Gasteiger partial charge >= 0.3 is 0 Å². The summed E-state index contributed by atoms with van der Waals surface area (Å²) < 4.78 is 0. The van der Waals surface area contributed by atoms with Crippen molar-refractivity contribution in [2.24, 2.45) is 0 Å². The Balaban J connectivity index is 2.31. The summed E-state index contributed by atoms with van der Waals surface area (Å²) in [6.45, 7) is 4.07. The summed E-state index contributed by atoms with van der Waals surface area (Å²) in [5, 5.41) is 10.0. The van der Waals surface area contributed by atoms with Crippen LogP contribution < -0.4 is 5.56 Å². The smallest absolute Gasteiger partial charge is 0.262 e. The molecular weight excluding hydrogens is 272 g/mol. The summed E-state index contributed by atoms with van der Waals surface area (Å²) in [4.78, 5) is 18.9. The molecule has 0 saturated heterocycles. The number of thioether (sulfide) groups is 1. The molecule has 0 fully saturated rings. The van der Waals surface area contributed by atoms with E-state index in [1.807, 2.05) is 31.2 Å². The van der Waals surface area contributed by atoms with Crippen LogP contribution in [0.25, 0.3) is 11.1 Å². The fourth-order valence-electron chi connectivity index (χ4n) is 1.87. The Morgan fingerprint density at radius 2 is 2.00 bits per heavy atom. The third-order valence-corrected chi connectivity index (χ3v) is 4.05. The highest BCUT2D eigenvalue weighted by Gasteiger charge is 2.12. The van der Waals surface area contributed by atoms with E-state index in [0.717, 1.165) is 17.7 Å². The molecule has 106 valence electrons. The van der Waals surface area contributed by atoms with Crippen molar-refractivity contribution < 1.29 is 5.11 Å². The minimum atomic E-state index is -0.298. The summed E-state index contributed by atoms with van der Waals surface area (Å²) in [5.74, 6) is 1.92. The summed E-state index contributed by atoms with van der Waals surface area (Å²) in [6, 6.07) is 7.43. The number of hydrogen-bond acceptors (Lipinski definition) is 4. The molecule has 0 aliphatic rings. The van der Waals surface area contributed by atoms with E-state index in [1.165, 1.54) is 0 Å². The molecule has 1 heterocycles. The highest BCUT2D eigenvalue weighted by atomic mass is 32.2. The molecular formula is C15H18N2O2S. The Hall–Kier alpha value is -1.75. The fraction of sp³-hybridized carbons (Fsp3) is 0.333. The van der Waals surface area contributed by atoms with Gasteiger partial charge < -0.3 is 10.1 Å². The largest absolute Gasteiger partial charge is 0.493 e. The Morgan fingerprint density at radius 1 is 1.30 bits per heavy atom. The molecule has 5 heteroatoms. The van der Waals surface area contributed by atoms with E-state index in [-0.39, 0.29) is 17.0 Å². The number of nitrogens with one attached hydrogen (secondary N) is 1. The van der Waals surface area contributed by atoms with E-state index in [2.05, 4.69) is 16.9 Å². The van der Waals surface area contributed by atoms with E-state index in [0.29, 0.717) is 17.1 Å². The van der Waals surface area contributed by atoms with Crippen LogP contribution in [0.5, 0.6) is 5.88 Å². The number of rotatable bonds is 5. The summed E-state index contributed by atoms with van der Waals surface area (Å²) in [6.07, 6.45) is 1.07. The van der Waals surface area contributed by atoms with Gasteiger partial charge in [0.25, 0.3) is 5.56 Å². The quantitative estimate of drug-likeness (QED) is 0.830. The van der Waals surface area contributed by atoms with Crippen LogP contribution in [0.2, 0.25) is 0 Å². The second kappa shape index (κ2) is 6.61. The van der Waals surface area contributed by atoms with Gasteiger partial charge in [0, 0.05) is 0 Å². The van der Waals surface area contributed by atoms with Crippen LogP contribution in [-0.2, 0) is 5.75 Å². The van der Waals surface area contributed by atoms with Crippen molar-refractivity contribution in [3.05, 3.63) is 46.0 Å². The molecule has 0 amide bonds. The number of aromatic amines is 1. The minimum absolute atomic E-state index is 0.204. The molecule has 2 N–H and O–H groups in total. The summed E-state index contributed by atoms with van der Waals surface area (Å²) >= 11 is 1.68. The molecule has 0 radical (unpaired) electrons. The first-order valence-corrected chi connectivity index (χ1v) is 7.74. The van der Waals surface area contributed by atoms with E-state index in [4.69, 9.17) is 0 Å². The zero-order valence-corrected chi connectivity index (χ0v) is 12.5. The van der Waals surface area contributed by atoms with Gasteiger partial charge in [0.05, 0.1) is 5.75 Å². The maximum atomic E-state index is 12.1. The van der Waals surface area contributed by atoms with Crippen LogP contribution in [0.15, 0.2) is 29.1 Å². The highest BCUT2D eigenvalue weighted by Crippen LogP contribution is 2.24. The first-order valence-electron chi connectivity index (χ1n) is 6.58. The van der Waals surface area contributed by atoms with E-state index in [1.54, 1.807) is 11.8 Å². The maximum Gasteiger partial charge on any atom is 0.262 e. The fourth-order valence-corrected chi connectivity index (χ4v) is 2.63. The van der Waals surface area contributed by atoms with E-state index in [9.17, 15) is 9.90 Å². The number of hydrogen-bond donors (Lipinski definition) is 2. The lowest BCUT2D eigenvalue weighted by Crippen LogP contribution is -2.13. The Kier molecular flexibility index (Phi) is 4.84. The van der Waals surface area contributed by atoms with Crippen LogP contribution >= 0.6 is 11.8 Å². The number of aryl methyl sites for hydroxylation is 1. The van der Waals surface area contributed by atoms with Crippen molar-refractivity contribution in [1.29, 1.82) is 0 Å². The highest BCUT2D eigenvalue weighted by molar-refractivity contribution is 7.98. The van der Waals surface area contributed by atoms with Gasteiger partial charge in [-0.1, -0.05) is 36.8 Å². The van der Waals surface area contributed by atoms with Crippen molar-refractivity contribution in [3.63, 3.8) is 0 Å². The normalized spacial score (nSPS) is 10.7. The topological polar surface area (TPSA) is 66.0 Å². The molecule has 0 atom stereocenters. The average Bonchev–Trinajstić information content (AvgIpc) is 2.40.